The van der Waals surface area contributed by atoms with Gasteiger partial charge in [0, 0.05) is 11.3 Å². The number of nitrogens with two attached hydrogens (primary N) is 1. The van der Waals surface area contributed by atoms with Gasteiger partial charge in [-0.1, -0.05) is 25.1 Å². The summed E-state index contributed by atoms with van der Waals surface area (Å²) in [4.78, 5) is 23.3. The molecule has 0 saturated heterocycles. The number of carbonyl (C=O) groups is 2. The van der Waals surface area contributed by atoms with Gasteiger partial charge in [-0.25, -0.2) is 0 Å². The molecule has 0 aromatic heterocycles. The smallest absolute Gasteiger partial charge is 0.262 e. The van der Waals surface area contributed by atoms with Gasteiger partial charge in [-0.15, -0.1) is 0 Å². The van der Waals surface area contributed by atoms with E-state index in [0.717, 1.165) is 17.7 Å². The monoisotopic (exact) mass is 312 g/mol. The van der Waals surface area contributed by atoms with Crippen LogP contribution in [0.5, 0.6) is 5.75 Å². The standard InChI is InChI=1S/C18H20N2O3/c1-3-13-6-4-5-7-16(13)20-18(22)11-23-17-9-8-14(12(2)21)10-15(17)19/h4-10H,3,11,19H2,1-2H3,(H,20,22). The van der Waals surface area contributed by atoms with Crippen molar-refractivity contribution in [3.05, 3.63) is 53.6 Å². The molecule has 120 valence electrons. The van der Waals surface area contributed by atoms with Crippen LogP contribution in [0.2, 0.25) is 0 Å². The van der Waals surface area contributed by atoms with Crippen LogP contribution in [0.4, 0.5) is 11.4 Å². The van der Waals surface area contributed by atoms with Crippen LogP contribution >= 0.6 is 0 Å². The fourth-order valence-corrected chi connectivity index (χ4v) is 2.18. The number of nitrogen functional groups attached to an aromatic ring is 1. The van der Waals surface area contributed by atoms with E-state index < -0.39 is 0 Å². The van der Waals surface area contributed by atoms with Gasteiger partial charge in [0.05, 0.1) is 5.69 Å². The molecule has 0 aliphatic rings. The summed E-state index contributed by atoms with van der Waals surface area (Å²) >= 11 is 0. The third kappa shape index (κ3) is 4.32. The molecule has 5 heteroatoms. The van der Waals surface area contributed by atoms with Crippen molar-refractivity contribution in [3.8, 4) is 5.75 Å². The Balaban J connectivity index is 1.98. The Morgan fingerprint density at radius 3 is 2.57 bits per heavy atom. The normalized spacial score (nSPS) is 10.2. The minimum Gasteiger partial charge on any atom is -0.482 e. The van der Waals surface area contributed by atoms with Gasteiger partial charge >= 0.3 is 0 Å². The van der Waals surface area contributed by atoms with Gasteiger partial charge in [-0.2, -0.15) is 0 Å². The molecule has 0 unspecified atom stereocenters. The third-order valence-corrected chi connectivity index (χ3v) is 3.45. The molecule has 0 spiro atoms. The predicted octanol–water partition coefficient (Wildman–Crippen LogP) is 3.05. The summed E-state index contributed by atoms with van der Waals surface area (Å²) in [6.07, 6.45) is 0.830. The Kier molecular flexibility index (Phi) is 5.36. The van der Waals surface area contributed by atoms with Gasteiger partial charge in [0.25, 0.3) is 5.91 Å². The summed E-state index contributed by atoms with van der Waals surface area (Å²) in [6, 6.07) is 12.4. The predicted molar refractivity (Wildman–Crippen MR) is 90.8 cm³/mol. The minimum atomic E-state index is -0.263. The molecule has 0 aliphatic carbocycles. The number of aryl methyl sites for hydroxylation is 1. The Hall–Kier alpha value is -2.82. The molecule has 2 rings (SSSR count). The number of amides is 1. The number of benzene rings is 2. The number of hydrogen-bond donors (Lipinski definition) is 2. The molecule has 1 amide bonds. The van der Waals surface area contributed by atoms with E-state index in [-0.39, 0.29) is 18.3 Å². The molecule has 3 N–H and O–H groups in total. The van der Waals surface area contributed by atoms with Crippen molar-refractivity contribution < 1.29 is 14.3 Å². The first kappa shape index (κ1) is 16.5. The Morgan fingerprint density at radius 2 is 1.91 bits per heavy atom. The van der Waals surface area contributed by atoms with Crippen molar-refractivity contribution >= 4 is 23.1 Å². The number of anilines is 2. The molecule has 0 heterocycles. The van der Waals surface area contributed by atoms with Crippen molar-refractivity contribution in [2.75, 3.05) is 17.7 Å². The maximum Gasteiger partial charge on any atom is 0.262 e. The van der Waals surface area contributed by atoms with Crippen molar-refractivity contribution in [2.24, 2.45) is 0 Å². The van der Waals surface area contributed by atoms with E-state index in [1.807, 2.05) is 31.2 Å². The van der Waals surface area contributed by atoms with Crippen LogP contribution in [0.3, 0.4) is 0 Å². The quantitative estimate of drug-likeness (QED) is 0.634. The Morgan fingerprint density at radius 1 is 1.17 bits per heavy atom. The van der Waals surface area contributed by atoms with Crippen LogP contribution in [0.1, 0.15) is 29.8 Å². The van der Waals surface area contributed by atoms with Crippen LogP contribution in [0.15, 0.2) is 42.5 Å². The summed E-state index contributed by atoms with van der Waals surface area (Å²) in [6.45, 7) is 3.34. The first-order chi connectivity index (χ1) is 11.0. The topological polar surface area (TPSA) is 81.4 Å². The van der Waals surface area contributed by atoms with E-state index in [9.17, 15) is 9.59 Å². The fourth-order valence-electron chi connectivity index (χ4n) is 2.18. The summed E-state index contributed by atoms with van der Waals surface area (Å²) in [5.41, 5.74) is 8.52. The number of ketones is 1. The second kappa shape index (κ2) is 7.45. The van der Waals surface area contributed by atoms with E-state index in [1.165, 1.54) is 6.92 Å². The largest absolute Gasteiger partial charge is 0.482 e. The summed E-state index contributed by atoms with van der Waals surface area (Å²) < 4.78 is 5.43. The first-order valence-electron chi connectivity index (χ1n) is 7.42. The molecule has 2 aromatic rings. The zero-order valence-corrected chi connectivity index (χ0v) is 13.3. The molecule has 23 heavy (non-hydrogen) atoms. The molecule has 5 nitrogen and oxygen atoms in total. The van der Waals surface area contributed by atoms with Crippen LogP contribution in [-0.4, -0.2) is 18.3 Å². The van der Waals surface area contributed by atoms with Gasteiger partial charge in [0.1, 0.15) is 5.75 Å². The second-order valence-electron chi connectivity index (χ2n) is 5.16. The molecular formula is C18H20N2O3. The lowest BCUT2D eigenvalue weighted by Crippen LogP contribution is -2.21. The zero-order chi connectivity index (χ0) is 16.8. The van der Waals surface area contributed by atoms with E-state index >= 15 is 0 Å². The maximum atomic E-state index is 12.0. The lowest BCUT2D eigenvalue weighted by Gasteiger charge is -2.12. The average Bonchev–Trinajstić information content (AvgIpc) is 2.54. The number of para-hydroxylation sites is 1. The Bertz CT molecular complexity index is 726. The molecule has 0 fully saturated rings. The zero-order valence-electron chi connectivity index (χ0n) is 13.3. The van der Waals surface area contributed by atoms with Gasteiger partial charge in [0.2, 0.25) is 0 Å². The highest BCUT2D eigenvalue weighted by molar-refractivity contribution is 5.95. The number of carbonyl (C=O) groups excluding carboxylic acids is 2. The number of nitrogens with one attached hydrogen (secondary N) is 1. The van der Waals surface area contributed by atoms with Crippen molar-refractivity contribution in [1.82, 2.24) is 0 Å². The van der Waals surface area contributed by atoms with E-state index in [2.05, 4.69) is 5.32 Å². The highest BCUT2D eigenvalue weighted by Crippen LogP contribution is 2.23. The van der Waals surface area contributed by atoms with Crippen LogP contribution in [-0.2, 0) is 11.2 Å². The summed E-state index contributed by atoms with van der Waals surface area (Å²) in [7, 11) is 0. The highest BCUT2D eigenvalue weighted by Gasteiger charge is 2.09. The van der Waals surface area contributed by atoms with Crippen molar-refractivity contribution in [1.29, 1.82) is 0 Å². The van der Waals surface area contributed by atoms with Gasteiger partial charge in [-0.3, -0.25) is 9.59 Å². The average molecular weight is 312 g/mol. The lowest BCUT2D eigenvalue weighted by molar-refractivity contribution is -0.118. The molecule has 0 atom stereocenters. The van der Waals surface area contributed by atoms with Gasteiger partial charge in [0.15, 0.2) is 12.4 Å². The van der Waals surface area contributed by atoms with E-state index in [0.29, 0.717) is 17.0 Å². The highest BCUT2D eigenvalue weighted by atomic mass is 16.5. The number of rotatable bonds is 6. The van der Waals surface area contributed by atoms with Gasteiger partial charge < -0.3 is 15.8 Å². The van der Waals surface area contributed by atoms with E-state index in [1.54, 1.807) is 18.2 Å². The second-order valence-corrected chi connectivity index (χ2v) is 5.16. The third-order valence-electron chi connectivity index (χ3n) is 3.45. The van der Waals surface area contributed by atoms with Crippen LogP contribution in [0.25, 0.3) is 0 Å². The molecule has 0 bridgehead atoms. The molecular weight excluding hydrogens is 292 g/mol. The molecule has 0 saturated carbocycles. The fraction of sp³-hybridized carbons (Fsp3) is 0.222. The first-order valence-corrected chi connectivity index (χ1v) is 7.42. The number of Topliss-reactive ketones (excluding diaryl/α,β-unsaturated/α-hetero) is 1. The SMILES string of the molecule is CCc1ccccc1NC(=O)COc1ccc(C(C)=O)cc1N. The maximum absolute atomic E-state index is 12.0. The number of ether oxygens (including phenoxy) is 1. The van der Waals surface area contributed by atoms with Gasteiger partial charge in [-0.05, 0) is 43.2 Å². The summed E-state index contributed by atoms with van der Waals surface area (Å²) in [5, 5.41) is 2.82. The van der Waals surface area contributed by atoms with E-state index in [4.69, 9.17) is 10.5 Å². The molecule has 2 aromatic carbocycles. The molecule has 0 aliphatic heterocycles. The lowest BCUT2D eigenvalue weighted by atomic mass is 10.1. The van der Waals surface area contributed by atoms with Crippen LogP contribution in [0, 0.1) is 0 Å². The Labute approximate surface area is 135 Å². The number of hydrogen-bond acceptors (Lipinski definition) is 4. The molecule has 0 radical (unpaired) electrons. The summed E-state index contributed by atoms with van der Waals surface area (Å²) in [5.74, 6) is 0.0482. The van der Waals surface area contributed by atoms with Crippen molar-refractivity contribution in [2.45, 2.75) is 20.3 Å². The van der Waals surface area contributed by atoms with Crippen LogP contribution < -0.4 is 15.8 Å². The minimum absolute atomic E-state index is 0.0721. The van der Waals surface area contributed by atoms with Crippen molar-refractivity contribution in [3.63, 3.8) is 0 Å².